The molecule has 1 aromatic heterocycles. The average molecular weight is 398 g/mol. The monoisotopic (exact) mass is 397 g/mol. The molecular formula is C18H23NO5S2. The molecule has 2 aliphatic rings. The highest BCUT2D eigenvalue weighted by molar-refractivity contribution is 7.91. The van der Waals surface area contributed by atoms with Crippen LogP contribution < -0.4 is 0 Å². The van der Waals surface area contributed by atoms with Gasteiger partial charge in [0.2, 0.25) is 0 Å². The number of esters is 1. The van der Waals surface area contributed by atoms with Crippen molar-refractivity contribution in [3.63, 3.8) is 0 Å². The Morgan fingerprint density at radius 1 is 1.23 bits per heavy atom. The predicted octanol–water partition coefficient (Wildman–Crippen LogP) is 2.26. The van der Waals surface area contributed by atoms with Gasteiger partial charge >= 0.3 is 5.97 Å². The molecule has 1 amide bonds. The van der Waals surface area contributed by atoms with E-state index in [1.165, 1.54) is 17.4 Å². The second-order valence-electron chi connectivity index (χ2n) is 6.75. The molecule has 2 heterocycles. The number of ether oxygens (including phenoxy) is 1. The maximum absolute atomic E-state index is 12.7. The number of thiophene rings is 1. The van der Waals surface area contributed by atoms with Crippen LogP contribution in [0.2, 0.25) is 0 Å². The first kappa shape index (κ1) is 19.1. The number of carbonyl (C=O) groups excluding carboxylic acids is 2. The fourth-order valence-corrected chi connectivity index (χ4v) is 6.00. The molecule has 1 aliphatic carbocycles. The molecule has 1 aromatic rings. The van der Waals surface area contributed by atoms with Crippen molar-refractivity contribution in [3.8, 4) is 0 Å². The van der Waals surface area contributed by atoms with Crippen molar-refractivity contribution < 1.29 is 22.7 Å². The molecule has 0 aromatic carbocycles. The summed E-state index contributed by atoms with van der Waals surface area (Å²) in [5, 5.41) is 1.91. The smallest absolute Gasteiger partial charge is 0.331 e. The normalized spacial score (nSPS) is 22.7. The van der Waals surface area contributed by atoms with Gasteiger partial charge in [0.05, 0.1) is 11.5 Å². The Labute approximate surface area is 157 Å². The predicted molar refractivity (Wildman–Crippen MR) is 100 cm³/mol. The molecule has 1 saturated heterocycles. The van der Waals surface area contributed by atoms with E-state index >= 15 is 0 Å². The summed E-state index contributed by atoms with van der Waals surface area (Å²) in [6, 6.07) is 3.52. The highest BCUT2D eigenvalue weighted by atomic mass is 32.2. The molecule has 26 heavy (non-hydrogen) atoms. The van der Waals surface area contributed by atoms with Crippen molar-refractivity contribution in [1.29, 1.82) is 0 Å². The Morgan fingerprint density at radius 3 is 2.62 bits per heavy atom. The van der Waals surface area contributed by atoms with Gasteiger partial charge in [-0.3, -0.25) is 4.79 Å². The number of carbonyl (C=O) groups is 2. The molecule has 1 saturated carbocycles. The summed E-state index contributed by atoms with van der Waals surface area (Å²) in [7, 11) is -3.08. The van der Waals surface area contributed by atoms with E-state index in [1.54, 1.807) is 11.0 Å². The minimum Gasteiger partial charge on any atom is -0.452 e. The van der Waals surface area contributed by atoms with Gasteiger partial charge in [0.25, 0.3) is 5.91 Å². The topological polar surface area (TPSA) is 80.8 Å². The van der Waals surface area contributed by atoms with Crippen LogP contribution in [0.3, 0.4) is 0 Å². The fourth-order valence-electron chi connectivity index (χ4n) is 3.67. The highest BCUT2D eigenvalue weighted by Crippen LogP contribution is 2.29. The maximum atomic E-state index is 12.7. The lowest BCUT2D eigenvalue weighted by molar-refractivity contribution is -0.150. The van der Waals surface area contributed by atoms with Crippen molar-refractivity contribution in [2.24, 2.45) is 0 Å². The van der Waals surface area contributed by atoms with E-state index in [4.69, 9.17) is 4.74 Å². The molecule has 0 bridgehead atoms. The Kier molecular flexibility index (Phi) is 6.13. The number of rotatable bonds is 6. The van der Waals surface area contributed by atoms with Gasteiger partial charge in [-0.15, -0.1) is 11.3 Å². The van der Waals surface area contributed by atoms with E-state index in [0.29, 0.717) is 6.42 Å². The lowest BCUT2D eigenvalue weighted by Crippen LogP contribution is -2.48. The van der Waals surface area contributed by atoms with Crippen LogP contribution in [-0.4, -0.2) is 55.4 Å². The standard InChI is InChI=1S/C18H23NO5S2/c20-17(12-24-18(21)8-7-16-6-3-10-25-16)19(14-4-1-2-5-14)15-9-11-26(22,23)13-15/h3,6-8,10,14-15H,1-2,4-5,9,11-13H2/b8-7+/t15-/m1/s1. The summed E-state index contributed by atoms with van der Waals surface area (Å²) >= 11 is 1.50. The zero-order valence-corrected chi connectivity index (χ0v) is 16.1. The van der Waals surface area contributed by atoms with Crippen molar-refractivity contribution >= 4 is 39.1 Å². The molecule has 0 radical (unpaired) electrons. The summed E-state index contributed by atoms with van der Waals surface area (Å²) in [6.07, 6.45) is 7.27. The first-order chi connectivity index (χ1) is 12.4. The fraction of sp³-hybridized carbons (Fsp3) is 0.556. The minimum atomic E-state index is -3.08. The lowest BCUT2D eigenvalue weighted by Gasteiger charge is -2.33. The summed E-state index contributed by atoms with van der Waals surface area (Å²) in [5.41, 5.74) is 0. The summed E-state index contributed by atoms with van der Waals surface area (Å²) in [4.78, 5) is 27.2. The maximum Gasteiger partial charge on any atom is 0.331 e. The quantitative estimate of drug-likeness (QED) is 0.543. The average Bonchev–Trinajstić information content (AvgIpc) is 3.34. The zero-order chi connectivity index (χ0) is 18.6. The molecule has 8 heteroatoms. The molecule has 0 spiro atoms. The van der Waals surface area contributed by atoms with Crippen LogP contribution in [0.5, 0.6) is 0 Å². The SMILES string of the molecule is O=C(/C=C/c1cccs1)OCC(=O)N(C1CCCC1)[C@@H]1CCS(=O)(=O)C1. The molecule has 6 nitrogen and oxygen atoms in total. The largest absolute Gasteiger partial charge is 0.452 e. The molecule has 1 atom stereocenters. The molecule has 1 aliphatic heterocycles. The van der Waals surface area contributed by atoms with E-state index in [1.807, 2.05) is 17.5 Å². The summed E-state index contributed by atoms with van der Waals surface area (Å²) in [6.45, 7) is -0.347. The Balaban J connectivity index is 1.59. The third-order valence-corrected chi connectivity index (χ3v) is 7.46. The van der Waals surface area contributed by atoms with E-state index in [9.17, 15) is 18.0 Å². The second-order valence-corrected chi connectivity index (χ2v) is 9.96. The first-order valence-electron chi connectivity index (χ1n) is 8.84. The van der Waals surface area contributed by atoms with Gasteiger partial charge in [-0.25, -0.2) is 13.2 Å². The van der Waals surface area contributed by atoms with Crippen LogP contribution in [0.25, 0.3) is 6.08 Å². The van der Waals surface area contributed by atoms with Gasteiger partial charge in [0, 0.05) is 23.0 Å². The van der Waals surface area contributed by atoms with Crippen LogP contribution in [0.4, 0.5) is 0 Å². The third kappa shape index (κ3) is 4.94. The Bertz CT molecular complexity index is 764. The third-order valence-electron chi connectivity index (χ3n) is 4.87. The molecule has 142 valence electrons. The van der Waals surface area contributed by atoms with Crippen molar-refractivity contribution in [1.82, 2.24) is 4.90 Å². The number of nitrogens with zero attached hydrogens (tertiary/aromatic N) is 1. The zero-order valence-electron chi connectivity index (χ0n) is 14.5. The van der Waals surface area contributed by atoms with Crippen LogP contribution in [0, 0.1) is 0 Å². The number of hydrogen-bond acceptors (Lipinski definition) is 6. The lowest BCUT2D eigenvalue weighted by atomic mass is 10.1. The van der Waals surface area contributed by atoms with E-state index < -0.39 is 15.8 Å². The van der Waals surface area contributed by atoms with Gasteiger partial charge in [-0.2, -0.15) is 0 Å². The van der Waals surface area contributed by atoms with Crippen LogP contribution >= 0.6 is 11.3 Å². The van der Waals surface area contributed by atoms with E-state index in [-0.39, 0.29) is 36.1 Å². The number of hydrogen-bond donors (Lipinski definition) is 0. The van der Waals surface area contributed by atoms with Crippen LogP contribution in [0.15, 0.2) is 23.6 Å². The van der Waals surface area contributed by atoms with Crippen LogP contribution in [0.1, 0.15) is 37.0 Å². The van der Waals surface area contributed by atoms with Gasteiger partial charge in [-0.05, 0) is 36.8 Å². The van der Waals surface area contributed by atoms with Crippen molar-refractivity contribution in [2.45, 2.75) is 44.2 Å². The Hall–Kier alpha value is -1.67. The minimum absolute atomic E-state index is 0.0153. The summed E-state index contributed by atoms with van der Waals surface area (Å²) in [5.74, 6) is -0.729. The van der Waals surface area contributed by atoms with Gasteiger partial charge in [-0.1, -0.05) is 18.9 Å². The molecular weight excluding hydrogens is 374 g/mol. The van der Waals surface area contributed by atoms with E-state index in [2.05, 4.69) is 0 Å². The van der Waals surface area contributed by atoms with E-state index in [0.717, 1.165) is 30.6 Å². The number of amides is 1. The number of sulfone groups is 1. The highest BCUT2D eigenvalue weighted by Gasteiger charge is 2.39. The van der Waals surface area contributed by atoms with Crippen LogP contribution in [-0.2, 0) is 24.2 Å². The van der Waals surface area contributed by atoms with Crippen molar-refractivity contribution in [3.05, 3.63) is 28.5 Å². The second kappa shape index (κ2) is 8.35. The molecule has 2 fully saturated rings. The van der Waals surface area contributed by atoms with Gasteiger partial charge in [0.15, 0.2) is 16.4 Å². The Morgan fingerprint density at radius 2 is 2.00 bits per heavy atom. The molecule has 3 rings (SSSR count). The summed E-state index contributed by atoms with van der Waals surface area (Å²) < 4.78 is 28.7. The van der Waals surface area contributed by atoms with Gasteiger partial charge < -0.3 is 9.64 Å². The molecule has 0 unspecified atom stereocenters. The van der Waals surface area contributed by atoms with Gasteiger partial charge in [0.1, 0.15) is 0 Å². The van der Waals surface area contributed by atoms with Crippen molar-refractivity contribution in [2.75, 3.05) is 18.1 Å². The molecule has 0 N–H and O–H groups in total. The first-order valence-corrected chi connectivity index (χ1v) is 11.5.